The van der Waals surface area contributed by atoms with Crippen LogP contribution in [0.2, 0.25) is 0 Å². The summed E-state index contributed by atoms with van der Waals surface area (Å²) in [4.78, 5) is 38.4. The molecule has 0 aromatic rings. The van der Waals surface area contributed by atoms with E-state index < -0.39 is 6.10 Å². The Labute approximate surface area is 472 Å². The topological polar surface area (TPSA) is 78.9 Å². The van der Waals surface area contributed by atoms with Crippen molar-refractivity contribution in [2.45, 2.75) is 354 Å². The second-order valence-corrected chi connectivity index (χ2v) is 22.4. The highest BCUT2D eigenvalue weighted by Crippen LogP contribution is 2.17. The van der Waals surface area contributed by atoms with E-state index in [9.17, 15) is 14.4 Å². The maximum Gasteiger partial charge on any atom is 0.306 e. The molecule has 0 saturated heterocycles. The first-order valence-electron chi connectivity index (χ1n) is 33.3. The number of hydrogen-bond acceptors (Lipinski definition) is 6. The molecule has 0 spiro atoms. The molecule has 0 aliphatic rings. The van der Waals surface area contributed by atoms with E-state index in [4.69, 9.17) is 14.2 Å². The molecule has 6 nitrogen and oxygen atoms in total. The number of rotatable bonds is 61. The van der Waals surface area contributed by atoms with Gasteiger partial charge in [0, 0.05) is 19.3 Å². The predicted octanol–water partition coefficient (Wildman–Crippen LogP) is 22.7. The van der Waals surface area contributed by atoms with Crippen LogP contribution in [0.4, 0.5) is 0 Å². The molecule has 0 aliphatic heterocycles. The molecule has 0 heterocycles. The summed E-state index contributed by atoms with van der Waals surface area (Å²) in [7, 11) is 0. The number of carbonyl (C=O) groups is 3. The summed E-state index contributed by atoms with van der Waals surface area (Å²) < 4.78 is 17.0. The molecule has 0 aliphatic carbocycles. The van der Waals surface area contributed by atoms with Crippen molar-refractivity contribution in [1.29, 1.82) is 0 Å². The van der Waals surface area contributed by atoms with E-state index in [0.717, 1.165) is 96.3 Å². The van der Waals surface area contributed by atoms with Gasteiger partial charge in [0.1, 0.15) is 13.2 Å². The van der Waals surface area contributed by atoms with Gasteiger partial charge in [-0.15, -0.1) is 0 Å². The van der Waals surface area contributed by atoms with Gasteiger partial charge in [-0.2, -0.15) is 0 Å². The maximum absolute atomic E-state index is 12.9. The molecule has 442 valence electrons. The van der Waals surface area contributed by atoms with Crippen molar-refractivity contribution in [3.63, 3.8) is 0 Å². The van der Waals surface area contributed by atoms with Gasteiger partial charge < -0.3 is 14.2 Å². The van der Waals surface area contributed by atoms with Crippen LogP contribution in [0, 0.1) is 0 Å². The summed E-state index contributed by atoms with van der Waals surface area (Å²) in [5.74, 6) is -0.879. The third kappa shape index (κ3) is 62.0. The van der Waals surface area contributed by atoms with Crippen molar-refractivity contribution in [1.82, 2.24) is 0 Å². The number of carbonyl (C=O) groups excluding carboxylic acids is 3. The fourth-order valence-corrected chi connectivity index (χ4v) is 9.72. The van der Waals surface area contributed by atoms with E-state index in [1.807, 2.05) is 0 Å². The van der Waals surface area contributed by atoms with Crippen molar-refractivity contribution < 1.29 is 28.6 Å². The van der Waals surface area contributed by atoms with Crippen LogP contribution in [0.1, 0.15) is 348 Å². The second-order valence-electron chi connectivity index (χ2n) is 22.4. The Bertz CT molecular complexity index is 1360. The minimum Gasteiger partial charge on any atom is -0.462 e. The third-order valence-electron chi connectivity index (χ3n) is 14.7. The number of ether oxygens (including phenoxy) is 3. The first-order chi connectivity index (χ1) is 37.5. The van der Waals surface area contributed by atoms with E-state index in [-0.39, 0.29) is 31.1 Å². The molecule has 0 rings (SSSR count). The first kappa shape index (κ1) is 73.1. The highest BCUT2D eigenvalue weighted by molar-refractivity contribution is 5.71. The van der Waals surface area contributed by atoms with Crippen LogP contribution < -0.4 is 0 Å². The quantitative estimate of drug-likeness (QED) is 0.0261. The average Bonchev–Trinajstić information content (AvgIpc) is 3.42. The summed E-state index contributed by atoms with van der Waals surface area (Å²) in [6, 6.07) is 0. The zero-order valence-electron chi connectivity index (χ0n) is 50.8. The lowest BCUT2D eigenvalue weighted by Crippen LogP contribution is -2.30. The van der Waals surface area contributed by atoms with Gasteiger partial charge >= 0.3 is 17.9 Å². The summed E-state index contributed by atoms with van der Waals surface area (Å²) in [5.41, 5.74) is 0. The van der Waals surface area contributed by atoms with Crippen LogP contribution in [0.25, 0.3) is 0 Å². The van der Waals surface area contributed by atoms with Gasteiger partial charge in [0.05, 0.1) is 0 Å². The average molecular weight is 1060 g/mol. The van der Waals surface area contributed by atoms with Crippen LogP contribution in [-0.2, 0) is 28.6 Å². The first-order valence-corrected chi connectivity index (χ1v) is 33.3. The monoisotopic (exact) mass is 1060 g/mol. The zero-order chi connectivity index (χ0) is 55.0. The smallest absolute Gasteiger partial charge is 0.306 e. The maximum atomic E-state index is 12.9. The van der Waals surface area contributed by atoms with Crippen LogP contribution >= 0.6 is 0 Å². The molecule has 76 heavy (non-hydrogen) atoms. The van der Waals surface area contributed by atoms with Gasteiger partial charge in [-0.1, -0.05) is 300 Å². The molecular weight excluding hydrogens is 937 g/mol. The lowest BCUT2D eigenvalue weighted by atomic mass is 10.0. The van der Waals surface area contributed by atoms with Crippen LogP contribution in [0.3, 0.4) is 0 Å². The summed E-state index contributed by atoms with van der Waals surface area (Å²) in [6.45, 7) is 6.64. The van der Waals surface area contributed by atoms with Crippen LogP contribution in [0.15, 0.2) is 60.8 Å². The normalized spacial score (nSPS) is 12.4. The molecule has 0 fully saturated rings. The van der Waals surface area contributed by atoms with Gasteiger partial charge in [0.2, 0.25) is 0 Å². The molecule has 0 radical (unpaired) electrons. The van der Waals surface area contributed by atoms with Crippen molar-refractivity contribution in [3.05, 3.63) is 60.8 Å². The number of allylic oxidation sites excluding steroid dienone is 10. The van der Waals surface area contributed by atoms with Crippen LogP contribution in [0.5, 0.6) is 0 Å². The second kappa shape index (κ2) is 64.6. The van der Waals surface area contributed by atoms with E-state index in [0.29, 0.717) is 19.3 Å². The molecule has 0 saturated carbocycles. The van der Waals surface area contributed by atoms with Gasteiger partial charge in [-0.3, -0.25) is 14.4 Å². The molecule has 0 aromatic carbocycles. The third-order valence-corrected chi connectivity index (χ3v) is 14.7. The van der Waals surface area contributed by atoms with Crippen LogP contribution in [-0.4, -0.2) is 37.2 Å². The molecular formula is C70H126O6. The van der Waals surface area contributed by atoms with Crippen molar-refractivity contribution >= 4 is 17.9 Å². The van der Waals surface area contributed by atoms with E-state index in [1.54, 1.807) is 0 Å². The lowest BCUT2D eigenvalue weighted by molar-refractivity contribution is -0.167. The van der Waals surface area contributed by atoms with E-state index in [2.05, 4.69) is 81.5 Å². The molecule has 0 bridgehead atoms. The molecule has 1 atom stereocenters. The lowest BCUT2D eigenvalue weighted by Gasteiger charge is -2.18. The minimum atomic E-state index is -0.785. The van der Waals surface area contributed by atoms with Crippen molar-refractivity contribution in [3.8, 4) is 0 Å². The molecule has 1 unspecified atom stereocenters. The minimum absolute atomic E-state index is 0.0790. The van der Waals surface area contributed by atoms with Gasteiger partial charge in [0.15, 0.2) is 6.10 Å². The fraction of sp³-hybridized carbons (Fsp3) is 0.814. The summed E-state index contributed by atoms with van der Waals surface area (Å²) in [6.07, 6.45) is 82.2. The molecule has 0 amide bonds. The van der Waals surface area contributed by atoms with Crippen molar-refractivity contribution in [2.75, 3.05) is 13.2 Å². The highest BCUT2D eigenvalue weighted by atomic mass is 16.6. The van der Waals surface area contributed by atoms with E-state index in [1.165, 1.54) is 212 Å². The molecule has 0 aromatic heterocycles. The Kier molecular flexibility index (Phi) is 62.2. The van der Waals surface area contributed by atoms with Gasteiger partial charge in [-0.05, 0) is 89.9 Å². The Morgan fingerprint density at radius 1 is 0.263 bits per heavy atom. The predicted molar refractivity (Wildman–Crippen MR) is 330 cm³/mol. The summed E-state index contributed by atoms with van der Waals surface area (Å²) >= 11 is 0. The number of hydrogen-bond donors (Lipinski definition) is 0. The zero-order valence-corrected chi connectivity index (χ0v) is 50.8. The van der Waals surface area contributed by atoms with Gasteiger partial charge in [0.25, 0.3) is 0 Å². The van der Waals surface area contributed by atoms with Gasteiger partial charge in [-0.25, -0.2) is 0 Å². The number of unbranched alkanes of at least 4 members (excludes halogenated alkanes) is 40. The Balaban J connectivity index is 4.37. The standard InChI is InChI=1S/C70H126O6/c1-4-7-10-13-16-19-22-25-28-31-34-35-37-39-42-45-48-51-54-57-60-63-69(72)75-66-67(65-74-68(71)62-59-56-53-50-47-44-41-38-33-30-27-24-21-18-15-12-9-6-3)76-70(73)64-61-58-55-52-49-46-43-40-36-32-29-26-23-20-17-14-11-8-5-2/h17,20-21,24,26,29-30,33,36,40,67H,4-16,18-19,22-23,25,27-28,31-32,34-35,37-39,41-66H2,1-3H3/b20-17-,24-21-,29-26-,33-30-,40-36-. The van der Waals surface area contributed by atoms with Crippen molar-refractivity contribution in [2.24, 2.45) is 0 Å². The summed E-state index contributed by atoms with van der Waals surface area (Å²) in [5, 5.41) is 0. The largest absolute Gasteiger partial charge is 0.462 e. The van der Waals surface area contributed by atoms with E-state index >= 15 is 0 Å². The fourth-order valence-electron chi connectivity index (χ4n) is 9.72. The Morgan fingerprint density at radius 3 is 0.776 bits per heavy atom. The number of esters is 3. The Morgan fingerprint density at radius 2 is 0.474 bits per heavy atom. The molecule has 6 heteroatoms. The SMILES string of the molecule is CCCCC/C=C\C/C=C\C/C=C\CCCCCCCCC(=O)OC(COC(=O)CCCCCCCCC/C=C\C/C=C\CCCCCC)COC(=O)CCCCCCCCCCCCCCCCCCCCCCC. The highest BCUT2D eigenvalue weighted by Gasteiger charge is 2.19. The molecule has 0 N–H and O–H groups in total. The Hall–Kier alpha value is -2.89.